The van der Waals surface area contributed by atoms with E-state index in [0.29, 0.717) is 49.8 Å². The zero-order valence-corrected chi connectivity index (χ0v) is 18.7. The largest absolute Gasteiger partial charge is 0.492 e. The molecule has 0 bridgehead atoms. The first-order valence-corrected chi connectivity index (χ1v) is 11.2. The molecule has 1 aliphatic heterocycles. The van der Waals surface area contributed by atoms with Gasteiger partial charge in [-0.15, -0.1) is 0 Å². The molecule has 33 heavy (non-hydrogen) atoms. The minimum Gasteiger partial charge on any atom is -0.492 e. The van der Waals surface area contributed by atoms with E-state index in [0.717, 1.165) is 5.56 Å². The Morgan fingerprint density at radius 3 is 2.30 bits per heavy atom. The summed E-state index contributed by atoms with van der Waals surface area (Å²) >= 11 is 0. The number of carbonyl (C=O) groups is 2. The van der Waals surface area contributed by atoms with Crippen LogP contribution in [-0.2, 0) is 4.79 Å². The number of benzene rings is 2. The summed E-state index contributed by atoms with van der Waals surface area (Å²) in [6.45, 7) is 4.72. The van der Waals surface area contributed by atoms with Crippen LogP contribution in [0.2, 0.25) is 0 Å². The van der Waals surface area contributed by atoms with E-state index in [9.17, 15) is 9.59 Å². The molecule has 1 saturated heterocycles. The maximum Gasteiger partial charge on any atom is 0.254 e. The van der Waals surface area contributed by atoms with Gasteiger partial charge in [0.05, 0.1) is 12.3 Å². The van der Waals surface area contributed by atoms with Crippen molar-refractivity contribution in [3.63, 3.8) is 0 Å². The van der Waals surface area contributed by atoms with Gasteiger partial charge in [0.15, 0.2) is 0 Å². The predicted molar refractivity (Wildman–Crippen MR) is 127 cm³/mol. The van der Waals surface area contributed by atoms with Crippen molar-refractivity contribution in [3.8, 4) is 5.75 Å². The summed E-state index contributed by atoms with van der Waals surface area (Å²) in [4.78, 5) is 34.3. The van der Waals surface area contributed by atoms with Crippen LogP contribution in [0.15, 0.2) is 79.1 Å². The van der Waals surface area contributed by atoms with Gasteiger partial charge in [0.1, 0.15) is 11.8 Å². The van der Waals surface area contributed by atoms with Gasteiger partial charge in [-0.1, -0.05) is 42.5 Å². The second-order valence-corrected chi connectivity index (χ2v) is 7.80. The Bertz CT molecular complexity index is 1070. The number of carbonyl (C=O) groups excluding carboxylic acids is 2. The lowest BCUT2D eigenvalue weighted by atomic mass is 10.0. The number of nitrogens with one attached hydrogen (secondary N) is 1. The molecule has 0 spiro atoms. The third kappa shape index (κ3) is 5.38. The number of pyridine rings is 1. The van der Waals surface area contributed by atoms with Crippen molar-refractivity contribution in [3.05, 3.63) is 90.3 Å². The van der Waals surface area contributed by atoms with Gasteiger partial charge in [0.25, 0.3) is 5.91 Å². The number of anilines is 1. The summed E-state index contributed by atoms with van der Waals surface area (Å²) in [7, 11) is 0. The molecule has 0 radical (unpaired) electrons. The van der Waals surface area contributed by atoms with Gasteiger partial charge in [-0.2, -0.15) is 0 Å². The highest BCUT2D eigenvalue weighted by molar-refractivity contribution is 5.97. The fraction of sp³-hybridized carbons (Fsp3) is 0.269. The molecule has 2 heterocycles. The standard InChI is InChI=1S/C26H28N4O3/c1-2-33-23-11-7-6-10-22(23)28-25(31)24(20-8-4-3-5-9-20)29-16-18-30(19-17-29)26(32)21-12-14-27-15-13-21/h3-15,24H,2,16-19H2,1H3,(H,28,31)/t24-/m0/s1. The third-order valence-electron chi connectivity index (χ3n) is 5.70. The topological polar surface area (TPSA) is 74.8 Å². The molecule has 4 rings (SSSR count). The lowest BCUT2D eigenvalue weighted by Gasteiger charge is -2.38. The fourth-order valence-electron chi connectivity index (χ4n) is 4.08. The maximum atomic E-state index is 13.5. The summed E-state index contributed by atoms with van der Waals surface area (Å²) < 4.78 is 5.67. The van der Waals surface area contributed by atoms with E-state index in [4.69, 9.17) is 4.74 Å². The number of nitrogens with zero attached hydrogens (tertiary/aromatic N) is 3. The normalized spacial score (nSPS) is 15.0. The highest BCUT2D eigenvalue weighted by atomic mass is 16.5. The highest BCUT2D eigenvalue weighted by Gasteiger charge is 2.32. The second kappa shape index (κ2) is 10.7. The van der Waals surface area contributed by atoms with E-state index < -0.39 is 6.04 Å². The van der Waals surface area contributed by atoms with Crippen LogP contribution in [0.5, 0.6) is 5.75 Å². The molecular formula is C26H28N4O3. The first-order valence-electron chi connectivity index (χ1n) is 11.2. The van der Waals surface area contributed by atoms with Gasteiger partial charge in [-0.05, 0) is 36.8 Å². The van der Waals surface area contributed by atoms with Crippen LogP contribution in [0, 0.1) is 0 Å². The molecule has 1 N–H and O–H groups in total. The van der Waals surface area contributed by atoms with Gasteiger partial charge in [0.2, 0.25) is 5.91 Å². The summed E-state index contributed by atoms with van der Waals surface area (Å²) in [5, 5.41) is 3.06. The Balaban J connectivity index is 1.50. The quantitative estimate of drug-likeness (QED) is 0.603. The van der Waals surface area contributed by atoms with Crippen molar-refractivity contribution in [1.29, 1.82) is 0 Å². The Hall–Kier alpha value is -3.71. The van der Waals surface area contributed by atoms with Crippen molar-refractivity contribution < 1.29 is 14.3 Å². The minimum absolute atomic E-state index is 0.0107. The van der Waals surface area contributed by atoms with Crippen molar-refractivity contribution >= 4 is 17.5 Å². The summed E-state index contributed by atoms with van der Waals surface area (Å²) in [6, 6.07) is 20.2. The Morgan fingerprint density at radius 1 is 0.939 bits per heavy atom. The predicted octanol–water partition coefficient (Wildman–Crippen LogP) is 3.62. The van der Waals surface area contributed by atoms with Crippen LogP contribution in [0.4, 0.5) is 5.69 Å². The summed E-state index contributed by atoms with van der Waals surface area (Å²) in [5.74, 6) is 0.513. The van der Waals surface area contributed by atoms with E-state index in [1.54, 1.807) is 24.5 Å². The molecule has 0 saturated carbocycles. The number of piperazine rings is 1. The van der Waals surface area contributed by atoms with E-state index >= 15 is 0 Å². The Morgan fingerprint density at radius 2 is 1.61 bits per heavy atom. The first-order chi connectivity index (χ1) is 16.2. The fourth-order valence-corrected chi connectivity index (χ4v) is 4.08. The monoisotopic (exact) mass is 444 g/mol. The van der Waals surface area contributed by atoms with Crippen LogP contribution in [0.1, 0.15) is 28.9 Å². The smallest absolute Gasteiger partial charge is 0.254 e. The lowest BCUT2D eigenvalue weighted by Crippen LogP contribution is -2.51. The molecule has 7 heteroatoms. The SMILES string of the molecule is CCOc1ccccc1NC(=O)[C@H](c1ccccc1)N1CCN(C(=O)c2ccncc2)CC1. The molecule has 1 atom stereocenters. The average Bonchev–Trinajstić information content (AvgIpc) is 2.87. The second-order valence-electron chi connectivity index (χ2n) is 7.80. The molecule has 0 aliphatic carbocycles. The Labute approximate surface area is 194 Å². The van der Waals surface area contributed by atoms with Crippen LogP contribution < -0.4 is 10.1 Å². The van der Waals surface area contributed by atoms with E-state index in [-0.39, 0.29) is 11.8 Å². The average molecular weight is 445 g/mol. The molecule has 1 fully saturated rings. The molecule has 170 valence electrons. The third-order valence-corrected chi connectivity index (χ3v) is 5.70. The molecule has 2 amide bonds. The number of hydrogen-bond donors (Lipinski definition) is 1. The van der Waals surface area contributed by atoms with E-state index in [2.05, 4.69) is 15.2 Å². The van der Waals surface area contributed by atoms with Gasteiger partial charge >= 0.3 is 0 Å². The lowest BCUT2D eigenvalue weighted by molar-refractivity contribution is -0.122. The molecule has 1 aliphatic rings. The molecule has 2 aromatic carbocycles. The van der Waals surface area contributed by atoms with Crippen molar-refractivity contribution in [2.24, 2.45) is 0 Å². The van der Waals surface area contributed by atoms with Crippen molar-refractivity contribution in [1.82, 2.24) is 14.8 Å². The first kappa shape index (κ1) is 22.5. The number of aromatic nitrogens is 1. The number of hydrogen-bond acceptors (Lipinski definition) is 5. The van der Waals surface area contributed by atoms with Gasteiger partial charge in [-0.25, -0.2) is 0 Å². The number of amides is 2. The summed E-state index contributed by atoms with van der Waals surface area (Å²) in [5.41, 5.74) is 2.19. The molecule has 1 aromatic heterocycles. The Kier molecular flexibility index (Phi) is 7.32. The number of rotatable bonds is 7. The number of para-hydroxylation sites is 2. The van der Waals surface area contributed by atoms with Crippen LogP contribution >= 0.6 is 0 Å². The van der Waals surface area contributed by atoms with Crippen LogP contribution in [0.25, 0.3) is 0 Å². The van der Waals surface area contributed by atoms with Crippen molar-refractivity contribution in [2.75, 3.05) is 38.1 Å². The van der Waals surface area contributed by atoms with Gasteiger partial charge < -0.3 is 15.0 Å². The zero-order valence-electron chi connectivity index (χ0n) is 18.7. The molecular weight excluding hydrogens is 416 g/mol. The minimum atomic E-state index is -0.473. The number of ether oxygens (including phenoxy) is 1. The van der Waals surface area contributed by atoms with Crippen LogP contribution in [-0.4, -0.2) is 59.4 Å². The van der Waals surface area contributed by atoms with Gasteiger partial charge in [0, 0.05) is 44.1 Å². The highest BCUT2D eigenvalue weighted by Crippen LogP contribution is 2.28. The zero-order chi connectivity index (χ0) is 23.0. The summed E-state index contributed by atoms with van der Waals surface area (Å²) in [6.07, 6.45) is 3.25. The molecule has 7 nitrogen and oxygen atoms in total. The van der Waals surface area contributed by atoms with E-state index in [1.165, 1.54) is 0 Å². The maximum absolute atomic E-state index is 13.5. The van der Waals surface area contributed by atoms with Crippen molar-refractivity contribution in [2.45, 2.75) is 13.0 Å². The molecule has 0 unspecified atom stereocenters. The van der Waals surface area contributed by atoms with Crippen LogP contribution in [0.3, 0.4) is 0 Å². The van der Waals surface area contributed by atoms with Gasteiger partial charge in [-0.3, -0.25) is 19.5 Å². The molecule has 3 aromatic rings. The van der Waals surface area contributed by atoms with E-state index in [1.807, 2.05) is 66.4 Å².